The number of aromatic nitrogens is 1. The van der Waals surface area contributed by atoms with Crippen LogP contribution in [0.3, 0.4) is 0 Å². The molecule has 0 fully saturated rings. The number of ether oxygens (including phenoxy) is 1. The van der Waals surface area contributed by atoms with E-state index in [1.807, 2.05) is 18.2 Å². The van der Waals surface area contributed by atoms with Crippen molar-refractivity contribution in [1.82, 2.24) is 10.3 Å². The van der Waals surface area contributed by atoms with E-state index in [-0.39, 0.29) is 6.10 Å². The summed E-state index contributed by atoms with van der Waals surface area (Å²) < 4.78 is 5.78. The van der Waals surface area contributed by atoms with E-state index in [1.54, 1.807) is 0 Å². The molecular weight excluding hydrogens is 212 g/mol. The van der Waals surface area contributed by atoms with Crippen LogP contribution in [0.25, 0.3) is 0 Å². The van der Waals surface area contributed by atoms with Crippen LogP contribution < -0.4 is 10.1 Å². The molecule has 1 aromatic heterocycles. The lowest BCUT2D eigenvalue weighted by molar-refractivity contribution is 0.163. The molecule has 0 spiro atoms. The van der Waals surface area contributed by atoms with E-state index in [0.717, 1.165) is 31.1 Å². The molecule has 3 nitrogen and oxygen atoms in total. The molecule has 17 heavy (non-hydrogen) atoms. The summed E-state index contributed by atoms with van der Waals surface area (Å²) in [6, 6.07) is 5.94. The smallest absolute Gasteiger partial charge is 0.213 e. The van der Waals surface area contributed by atoms with Crippen LogP contribution in [0, 0.1) is 5.92 Å². The van der Waals surface area contributed by atoms with Crippen molar-refractivity contribution in [3.63, 3.8) is 0 Å². The van der Waals surface area contributed by atoms with Gasteiger partial charge in [0.15, 0.2) is 0 Å². The van der Waals surface area contributed by atoms with Gasteiger partial charge >= 0.3 is 0 Å². The Hall–Kier alpha value is -1.09. The average molecular weight is 236 g/mol. The van der Waals surface area contributed by atoms with E-state index in [2.05, 4.69) is 38.0 Å². The highest BCUT2D eigenvalue weighted by atomic mass is 16.5. The Balaban J connectivity index is 2.53. The molecule has 0 bridgehead atoms. The van der Waals surface area contributed by atoms with E-state index in [9.17, 15) is 0 Å². The molecule has 1 N–H and O–H groups in total. The van der Waals surface area contributed by atoms with Crippen LogP contribution in [0.5, 0.6) is 5.88 Å². The quantitative estimate of drug-likeness (QED) is 0.739. The van der Waals surface area contributed by atoms with Crippen LogP contribution in [-0.2, 0) is 6.54 Å². The number of nitrogens with zero attached hydrogens (tertiary/aromatic N) is 1. The van der Waals surface area contributed by atoms with Gasteiger partial charge in [0.05, 0.1) is 11.8 Å². The Bertz CT molecular complexity index is 326. The van der Waals surface area contributed by atoms with Gasteiger partial charge in [-0.2, -0.15) is 0 Å². The maximum absolute atomic E-state index is 5.78. The predicted octanol–water partition coefficient (Wildman–Crippen LogP) is 3.00. The minimum Gasteiger partial charge on any atom is -0.474 e. The lowest BCUT2D eigenvalue weighted by Gasteiger charge is -2.17. The van der Waals surface area contributed by atoms with Gasteiger partial charge in [-0.15, -0.1) is 0 Å². The Morgan fingerprint density at radius 2 is 2.06 bits per heavy atom. The van der Waals surface area contributed by atoms with Crippen molar-refractivity contribution in [1.29, 1.82) is 0 Å². The number of hydrogen-bond donors (Lipinski definition) is 1. The third kappa shape index (κ3) is 5.18. The molecule has 3 heteroatoms. The van der Waals surface area contributed by atoms with Gasteiger partial charge in [-0.25, -0.2) is 4.98 Å². The van der Waals surface area contributed by atoms with Crippen molar-refractivity contribution in [2.75, 3.05) is 6.54 Å². The number of hydrogen-bond acceptors (Lipinski definition) is 3. The molecule has 0 aromatic carbocycles. The Morgan fingerprint density at radius 3 is 2.71 bits per heavy atom. The molecule has 0 amide bonds. The second-order valence-electron chi connectivity index (χ2n) is 4.71. The standard InChI is InChI=1S/C14H24N2O/c1-5-9-15-10-13-7-6-8-14(16-13)17-12(4)11(2)3/h6-8,11-12,15H,5,9-10H2,1-4H3. The predicted molar refractivity (Wildman–Crippen MR) is 71.2 cm³/mol. The largest absolute Gasteiger partial charge is 0.474 e. The molecule has 1 heterocycles. The molecule has 0 saturated heterocycles. The summed E-state index contributed by atoms with van der Waals surface area (Å²) in [5.41, 5.74) is 1.03. The van der Waals surface area contributed by atoms with Gasteiger partial charge in [0.25, 0.3) is 0 Å². The normalized spacial score (nSPS) is 12.8. The second kappa shape index (κ2) is 7.28. The topological polar surface area (TPSA) is 34.1 Å². The molecule has 0 aliphatic heterocycles. The zero-order chi connectivity index (χ0) is 12.7. The van der Waals surface area contributed by atoms with Crippen LogP contribution in [0.4, 0.5) is 0 Å². The molecular formula is C14H24N2O. The Morgan fingerprint density at radius 1 is 1.29 bits per heavy atom. The van der Waals surface area contributed by atoms with Crippen molar-refractivity contribution >= 4 is 0 Å². The van der Waals surface area contributed by atoms with Crippen molar-refractivity contribution in [2.45, 2.75) is 46.8 Å². The van der Waals surface area contributed by atoms with E-state index < -0.39 is 0 Å². The number of pyridine rings is 1. The van der Waals surface area contributed by atoms with Crippen LogP contribution >= 0.6 is 0 Å². The summed E-state index contributed by atoms with van der Waals surface area (Å²) in [7, 11) is 0. The first-order chi connectivity index (χ1) is 8.13. The van der Waals surface area contributed by atoms with Crippen LogP contribution in [-0.4, -0.2) is 17.6 Å². The fraction of sp³-hybridized carbons (Fsp3) is 0.643. The van der Waals surface area contributed by atoms with Gasteiger partial charge in [-0.05, 0) is 31.9 Å². The molecule has 0 aliphatic carbocycles. The van der Waals surface area contributed by atoms with Gasteiger partial charge in [0, 0.05) is 12.6 Å². The molecule has 0 aliphatic rings. The third-order valence-electron chi connectivity index (χ3n) is 2.76. The first kappa shape index (κ1) is 14.0. The summed E-state index contributed by atoms with van der Waals surface area (Å²) in [5, 5.41) is 3.34. The number of nitrogens with one attached hydrogen (secondary N) is 1. The van der Waals surface area contributed by atoms with Crippen LogP contribution in [0.15, 0.2) is 18.2 Å². The minimum atomic E-state index is 0.196. The van der Waals surface area contributed by atoms with Crippen molar-refractivity contribution in [2.24, 2.45) is 5.92 Å². The average Bonchev–Trinajstić information content (AvgIpc) is 2.30. The lowest BCUT2D eigenvalue weighted by Crippen LogP contribution is -2.20. The van der Waals surface area contributed by atoms with Gasteiger partial charge in [-0.1, -0.05) is 26.8 Å². The van der Waals surface area contributed by atoms with E-state index in [1.165, 1.54) is 0 Å². The molecule has 1 rings (SSSR count). The van der Waals surface area contributed by atoms with Gasteiger partial charge in [0.2, 0.25) is 5.88 Å². The summed E-state index contributed by atoms with van der Waals surface area (Å²) in [4.78, 5) is 4.48. The summed E-state index contributed by atoms with van der Waals surface area (Å²) in [6.07, 6.45) is 1.34. The lowest BCUT2D eigenvalue weighted by atomic mass is 10.1. The van der Waals surface area contributed by atoms with Gasteiger partial charge in [-0.3, -0.25) is 0 Å². The monoisotopic (exact) mass is 236 g/mol. The maximum atomic E-state index is 5.78. The van der Waals surface area contributed by atoms with Gasteiger partial charge in [0.1, 0.15) is 0 Å². The number of rotatable bonds is 7. The van der Waals surface area contributed by atoms with E-state index in [4.69, 9.17) is 4.74 Å². The SMILES string of the molecule is CCCNCc1cccc(OC(C)C(C)C)n1. The molecule has 0 radical (unpaired) electrons. The van der Waals surface area contributed by atoms with Gasteiger partial charge < -0.3 is 10.1 Å². The molecule has 1 unspecified atom stereocenters. The van der Waals surface area contributed by atoms with Crippen molar-refractivity contribution in [3.8, 4) is 5.88 Å². The molecule has 0 saturated carbocycles. The Kier molecular flexibility index (Phi) is 5.98. The zero-order valence-electron chi connectivity index (χ0n) is 11.4. The van der Waals surface area contributed by atoms with Crippen LogP contribution in [0.1, 0.15) is 39.8 Å². The Labute approximate surface area is 105 Å². The van der Waals surface area contributed by atoms with Crippen molar-refractivity contribution < 1.29 is 4.74 Å². The first-order valence-electron chi connectivity index (χ1n) is 6.46. The zero-order valence-corrected chi connectivity index (χ0v) is 11.4. The first-order valence-corrected chi connectivity index (χ1v) is 6.46. The molecule has 96 valence electrons. The maximum Gasteiger partial charge on any atom is 0.213 e. The highest BCUT2D eigenvalue weighted by Gasteiger charge is 2.09. The fourth-order valence-electron chi connectivity index (χ4n) is 1.34. The highest BCUT2D eigenvalue weighted by Crippen LogP contribution is 2.13. The highest BCUT2D eigenvalue weighted by molar-refractivity contribution is 5.16. The third-order valence-corrected chi connectivity index (χ3v) is 2.76. The molecule has 1 aromatic rings. The summed E-state index contributed by atoms with van der Waals surface area (Å²) in [6.45, 7) is 10.4. The van der Waals surface area contributed by atoms with E-state index in [0.29, 0.717) is 5.92 Å². The summed E-state index contributed by atoms with van der Waals surface area (Å²) >= 11 is 0. The summed E-state index contributed by atoms with van der Waals surface area (Å²) in [5.74, 6) is 1.22. The minimum absolute atomic E-state index is 0.196. The molecule has 1 atom stereocenters. The van der Waals surface area contributed by atoms with E-state index >= 15 is 0 Å². The fourth-order valence-corrected chi connectivity index (χ4v) is 1.34. The second-order valence-corrected chi connectivity index (χ2v) is 4.71. The van der Waals surface area contributed by atoms with Crippen molar-refractivity contribution in [3.05, 3.63) is 23.9 Å². The van der Waals surface area contributed by atoms with Crippen LogP contribution in [0.2, 0.25) is 0 Å².